The van der Waals surface area contributed by atoms with Crippen molar-refractivity contribution < 1.29 is 24.1 Å². The summed E-state index contributed by atoms with van der Waals surface area (Å²) in [7, 11) is 3.21. The summed E-state index contributed by atoms with van der Waals surface area (Å²) in [4.78, 5) is 19.8. The summed E-state index contributed by atoms with van der Waals surface area (Å²) in [5.41, 5.74) is 2.18. The third-order valence-corrected chi connectivity index (χ3v) is 5.30. The highest BCUT2D eigenvalue weighted by molar-refractivity contribution is 5.89. The van der Waals surface area contributed by atoms with E-state index in [-0.39, 0.29) is 31.0 Å². The number of aromatic nitrogens is 4. The van der Waals surface area contributed by atoms with Gasteiger partial charge in [0.2, 0.25) is 5.95 Å². The lowest BCUT2D eigenvalue weighted by Crippen LogP contribution is -2.23. The van der Waals surface area contributed by atoms with Crippen LogP contribution in [-0.2, 0) is 13.1 Å². The number of amides is 1. The van der Waals surface area contributed by atoms with Crippen LogP contribution in [0.4, 0.5) is 21.0 Å². The summed E-state index contributed by atoms with van der Waals surface area (Å²) in [5, 5.41) is 31.4. The summed E-state index contributed by atoms with van der Waals surface area (Å²) in [6.45, 7) is 2.62. The van der Waals surface area contributed by atoms with Gasteiger partial charge in [-0.3, -0.25) is 10.00 Å². The molecular weight excluding hydrogens is 445 g/mol. The Balaban J connectivity index is 2.08. The quantitative estimate of drug-likeness (QED) is 0.267. The number of anilines is 2. The number of carbonyl (C=O) groups is 1. The molecule has 2 heterocycles. The Hall–Kier alpha value is -3.51. The number of hydrogen-bond acceptors (Lipinski definition) is 8. The van der Waals surface area contributed by atoms with Crippen molar-refractivity contribution in [3.63, 3.8) is 0 Å². The number of carboxylic acid groups (broad SMARTS) is 1. The SMILES string of the molecule is CCC[C@@H](CCO)Nc1nc(NC(=O)O)nc2cnn(Cc3cc(CNC)c(F)cc3OC)c12. The molecule has 184 valence electrons. The molecule has 0 saturated heterocycles. The zero-order chi connectivity index (χ0) is 24.7. The molecule has 0 aliphatic heterocycles. The first-order valence-corrected chi connectivity index (χ1v) is 11.0. The van der Waals surface area contributed by atoms with Crippen molar-refractivity contribution in [3.8, 4) is 5.75 Å². The Morgan fingerprint density at radius 3 is 2.71 bits per heavy atom. The predicted molar refractivity (Wildman–Crippen MR) is 126 cm³/mol. The molecule has 0 bridgehead atoms. The number of fused-ring (bicyclic) bond motifs is 1. The fourth-order valence-electron chi connectivity index (χ4n) is 3.81. The van der Waals surface area contributed by atoms with E-state index in [4.69, 9.17) is 9.84 Å². The molecule has 0 fully saturated rings. The van der Waals surface area contributed by atoms with E-state index in [1.807, 2.05) is 6.92 Å². The van der Waals surface area contributed by atoms with Crippen LogP contribution in [0.3, 0.4) is 0 Å². The van der Waals surface area contributed by atoms with Crippen LogP contribution in [0, 0.1) is 5.82 Å². The number of aliphatic hydroxyl groups excluding tert-OH is 1. The Morgan fingerprint density at radius 2 is 2.06 bits per heavy atom. The highest BCUT2D eigenvalue weighted by Gasteiger charge is 2.19. The average molecular weight is 476 g/mol. The molecule has 0 aliphatic carbocycles. The molecule has 0 unspecified atom stereocenters. The van der Waals surface area contributed by atoms with E-state index in [0.717, 1.165) is 12.8 Å². The van der Waals surface area contributed by atoms with Gasteiger partial charge in [0.1, 0.15) is 22.6 Å². The topological polar surface area (TPSA) is 146 Å². The maximum atomic E-state index is 14.4. The van der Waals surface area contributed by atoms with E-state index in [1.165, 1.54) is 19.4 Å². The largest absolute Gasteiger partial charge is 0.496 e. The molecule has 0 aliphatic rings. The van der Waals surface area contributed by atoms with E-state index in [2.05, 4.69) is 31.0 Å². The molecule has 0 radical (unpaired) electrons. The fourth-order valence-corrected chi connectivity index (χ4v) is 3.81. The standard InChI is InChI=1S/C22H30FN7O4/c1-4-5-15(6-7-31)26-20-19-17(27-21(28-20)29-22(32)33)11-25-30(19)12-14-8-13(10-24-2)16(23)9-18(14)34-3/h8-9,11,15,24,31H,4-7,10,12H2,1-3H3,(H,32,33)(H2,26,27,28,29)/t15-/m0/s1. The lowest BCUT2D eigenvalue weighted by Gasteiger charge is -2.19. The number of rotatable bonds is 12. The average Bonchev–Trinajstić information content (AvgIpc) is 3.18. The van der Waals surface area contributed by atoms with Gasteiger partial charge in [-0.15, -0.1) is 0 Å². The van der Waals surface area contributed by atoms with Crippen molar-refractivity contribution >= 4 is 28.9 Å². The van der Waals surface area contributed by atoms with Gasteiger partial charge in [0, 0.05) is 36.4 Å². The van der Waals surface area contributed by atoms with Gasteiger partial charge in [-0.25, -0.2) is 14.2 Å². The summed E-state index contributed by atoms with van der Waals surface area (Å²) in [6, 6.07) is 2.98. The summed E-state index contributed by atoms with van der Waals surface area (Å²) < 4.78 is 21.4. The monoisotopic (exact) mass is 475 g/mol. The van der Waals surface area contributed by atoms with Gasteiger partial charge in [0.05, 0.1) is 19.9 Å². The zero-order valence-electron chi connectivity index (χ0n) is 19.4. The molecule has 0 spiro atoms. The van der Waals surface area contributed by atoms with E-state index >= 15 is 0 Å². The minimum Gasteiger partial charge on any atom is -0.496 e. The minimum atomic E-state index is -1.29. The Kier molecular flexibility index (Phi) is 8.55. The van der Waals surface area contributed by atoms with Gasteiger partial charge < -0.3 is 25.6 Å². The van der Waals surface area contributed by atoms with Gasteiger partial charge >= 0.3 is 6.09 Å². The molecule has 0 saturated carbocycles. The normalized spacial score (nSPS) is 12.0. The number of methoxy groups -OCH3 is 1. The minimum absolute atomic E-state index is 0.00753. The summed E-state index contributed by atoms with van der Waals surface area (Å²) >= 11 is 0. The number of ether oxygens (including phenoxy) is 1. The number of nitrogens with zero attached hydrogens (tertiary/aromatic N) is 4. The molecule has 34 heavy (non-hydrogen) atoms. The lowest BCUT2D eigenvalue weighted by molar-refractivity contribution is 0.209. The number of halogens is 1. The van der Waals surface area contributed by atoms with Crippen LogP contribution in [0.15, 0.2) is 18.3 Å². The van der Waals surface area contributed by atoms with E-state index in [0.29, 0.717) is 46.7 Å². The van der Waals surface area contributed by atoms with Gasteiger partial charge in [0.25, 0.3) is 0 Å². The molecule has 3 rings (SSSR count). The molecule has 12 heteroatoms. The molecule has 5 N–H and O–H groups in total. The van der Waals surface area contributed by atoms with Crippen LogP contribution in [0.2, 0.25) is 0 Å². The molecule has 1 atom stereocenters. The maximum absolute atomic E-state index is 14.4. The first-order chi connectivity index (χ1) is 16.4. The highest BCUT2D eigenvalue weighted by atomic mass is 19.1. The highest BCUT2D eigenvalue weighted by Crippen LogP contribution is 2.28. The predicted octanol–water partition coefficient (Wildman–Crippen LogP) is 2.79. The van der Waals surface area contributed by atoms with E-state index in [1.54, 1.807) is 17.8 Å². The zero-order valence-corrected chi connectivity index (χ0v) is 19.4. The van der Waals surface area contributed by atoms with E-state index < -0.39 is 6.09 Å². The van der Waals surface area contributed by atoms with Crippen molar-refractivity contribution in [2.24, 2.45) is 0 Å². The van der Waals surface area contributed by atoms with Gasteiger partial charge in [0.15, 0.2) is 5.82 Å². The summed E-state index contributed by atoms with van der Waals surface area (Å²) in [6.07, 6.45) is 2.38. The van der Waals surface area contributed by atoms with Crippen LogP contribution in [0.25, 0.3) is 11.0 Å². The second kappa shape index (κ2) is 11.6. The first-order valence-electron chi connectivity index (χ1n) is 11.0. The van der Waals surface area contributed by atoms with Gasteiger partial charge in [-0.05, 0) is 26.0 Å². The number of hydrogen-bond donors (Lipinski definition) is 5. The number of aliphatic hydroxyl groups is 1. The Bertz CT molecular complexity index is 1130. The molecule has 1 aromatic carbocycles. The van der Waals surface area contributed by atoms with E-state index in [9.17, 15) is 14.3 Å². The van der Waals surface area contributed by atoms with Crippen molar-refractivity contribution in [2.75, 3.05) is 31.4 Å². The maximum Gasteiger partial charge on any atom is 0.411 e. The smallest absolute Gasteiger partial charge is 0.411 e. The lowest BCUT2D eigenvalue weighted by atomic mass is 10.1. The number of benzene rings is 1. The van der Waals surface area contributed by atoms with Crippen molar-refractivity contribution in [1.29, 1.82) is 0 Å². The molecule has 2 aromatic heterocycles. The van der Waals surface area contributed by atoms with Crippen molar-refractivity contribution in [2.45, 2.75) is 45.3 Å². The van der Waals surface area contributed by atoms with Crippen molar-refractivity contribution in [3.05, 3.63) is 35.3 Å². The first kappa shape index (κ1) is 25.1. The molecule has 1 amide bonds. The molecular formula is C22H30FN7O4. The fraction of sp³-hybridized carbons (Fsp3) is 0.455. The molecule has 3 aromatic rings. The van der Waals surface area contributed by atoms with Crippen LogP contribution in [-0.4, -0.2) is 62.9 Å². The van der Waals surface area contributed by atoms with Crippen LogP contribution >= 0.6 is 0 Å². The molecule has 11 nitrogen and oxygen atoms in total. The third kappa shape index (κ3) is 5.88. The van der Waals surface area contributed by atoms with Gasteiger partial charge in [-0.2, -0.15) is 10.1 Å². The van der Waals surface area contributed by atoms with Gasteiger partial charge in [-0.1, -0.05) is 13.3 Å². The Morgan fingerprint density at radius 1 is 1.26 bits per heavy atom. The summed E-state index contributed by atoms with van der Waals surface area (Å²) in [5.74, 6) is 0.304. The number of nitrogens with one attached hydrogen (secondary N) is 3. The van der Waals surface area contributed by atoms with Crippen molar-refractivity contribution in [1.82, 2.24) is 25.1 Å². The second-order valence-electron chi connectivity index (χ2n) is 7.79. The van der Waals surface area contributed by atoms with Crippen LogP contribution < -0.4 is 20.7 Å². The van der Waals surface area contributed by atoms with Crippen LogP contribution in [0.5, 0.6) is 5.75 Å². The van der Waals surface area contributed by atoms with Crippen LogP contribution in [0.1, 0.15) is 37.3 Å². The Labute approximate surface area is 196 Å². The second-order valence-corrected chi connectivity index (χ2v) is 7.79. The third-order valence-electron chi connectivity index (χ3n) is 5.30.